The van der Waals surface area contributed by atoms with Crippen molar-refractivity contribution in [3.05, 3.63) is 155 Å². The van der Waals surface area contributed by atoms with Crippen molar-refractivity contribution in [3.63, 3.8) is 0 Å². The van der Waals surface area contributed by atoms with E-state index in [0.717, 1.165) is 15.9 Å². The normalized spacial score (nSPS) is 11.3. The van der Waals surface area contributed by atoms with Crippen LogP contribution in [0.4, 0.5) is 5.69 Å². The number of hydrogen-bond acceptors (Lipinski definition) is 4. The standard InChI is InChI=1S/C36H29N2O3P/c1-2-41-36(40)30-23-13-12-22-29(30)33-34(35(39)31-24-14-15-25-32(31)37-33)38-42(26-16-6-3-7-17-26,27-18-8-4-9-19-27)28-20-10-5-11-21-28/h3-25H,2H2,1H3,(H,37,39). The van der Waals surface area contributed by atoms with E-state index in [1.807, 2.05) is 91.0 Å². The van der Waals surface area contributed by atoms with Gasteiger partial charge in [0.25, 0.3) is 0 Å². The van der Waals surface area contributed by atoms with Crippen LogP contribution in [-0.2, 0) is 4.74 Å². The average Bonchev–Trinajstić information content (AvgIpc) is 3.06. The molecule has 1 heterocycles. The van der Waals surface area contributed by atoms with E-state index in [1.165, 1.54) is 0 Å². The summed E-state index contributed by atoms with van der Waals surface area (Å²) in [4.78, 5) is 31.1. The number of pyridine rings is 1. The second kappa shape index (κ2) is 11.9. The lowest BCUT2D eigenvalue weighted by Crippen LogP contribution is -2.25. The number of rotatable bonds is 7. The van der Waals surface area contributed by atoms with Gasteiger partial charge >= 0.3 is 5.97 Å². The molecule has 0 fully saturated rings. The smallest absolute Gasteiger partial charge is 0.338 e. The van der Waals surface area contributed by atoms with Crippen LogP contribution in [0.25, 0.3) is 22.2 Å². The Balaban J connectivity index is 1.81. The molecule has 0 atom stereocenters. The van der Waals surface area contributed by atoms with Gasteiger partial charge in [-0.25, -0.2) is 9.54 Å². The number of hydrogen-bond donors (Lipinski definition) is 1. The number of aromatic nitrogens is 1. The van der Waals surface area contributed by atoms with Crippen molar-refractivity contribution in [1.82, 2.24) is 4.98 Å². The highest BCUT2D eigenvalue weighted by Crippen LogP contribution is 2.50. The minimum absolute atomic E-state index is 0.204. The predicted octanol–water partition coefficient (Wildman–Crippen LogP) is 7.18. The van der Waals surface area contributed by atoms with E-state index < -0.39 is 13.0 Å². The molecule has 0 aliphatic heterocycles. The monoisotopic (exact) mass is 568 g/mol. The van der Waals surface area contributed by atoms with Crippen LogP contribution in [0.15, 0.2) is 149 Å². The van der Waals surface area contributed by atoms with Gasteiger partial charge in [-0.2, -0.15) is 0 Å². The van der Waals surface area contributed by atoms with Crippen LogP contribution in [0.1, 0.15) is 17.3 Å². The van der Waals surface area contributed by atoms with Crippen molar-refractivity contribution in [2.75, 3.05) is 6.61 Å². The number of carbonyl (C=O) groups excluding carboxylic acids is 1. The van der Waals surface area contributed by atoms with Gasteiger partial charge in [-0.15, -0.1) is 0 Å². The molecular formula is C36H29N2O3P. The number of ether oxygens (including phenoxy) is 1. The number of aromatic amines is 1. The second-order valence-corrected chi connectivity index (χ2v) is 12.8. The SMILES string of the molecule is CCOC(=O)c1ccccc1-c1[nH]c2ccccc2c(=O)c1N=P(c1ccccc1)(c1ccccc1)c1ccccc1. The Morgan fingerprint density at radius 3 is 1.76 bits per heavy atom. The van der Waals surface area contributed by atoms with Gasteiger partial charge in [0, 0.05) is 32.4 Å². The van der Waals surface area contributed by atoms with Gasteiger partial charge in [0.2, 0.25) is 5.43 Å². The Kier molecular flexibility index (Phi) is 7.68. The third-order valence-electron chi connectivity index (χ3n) is 7.21. The van der Waals surface area contributed by atoms with Crippen molar-refractivity contribution >= 4 is 45.5 Å². The summed E-state index contributed by atoms with van der Waals surface area (Å²) in [5, 5.41) is 3.57. The second-order valence-electron chi connectivity index (χ2n) is 9.73. The summed E-state index contributed by atoms with van der Waals surface area (Å²) < 4.78 is 11.0. The van der Waals surface area contributed by atoms with Gasteiger partial charge < -0.3 is 9.72 Å². The van der Waals surface area contributed by atoms with Crippen LogP contribution in [-0.4, -0.2) is 17.6 Å². The lowest BCUT2D eigenvalue weighted by Gasteiger charge is -2.27. The molecule has 0 aliphatic rings. The van der Waals surface area contributed by atoms with Gasteiger partial charge in [-0.05, 0) is 25.1 Å². The maximum atomic E-state index is 14.5. The van der Waals surface area contributed by atoms with Crippen LogP contribution < -0.4 is 21.3 Å². The maximum Gasteiger partial charge on any atom is 0.338 e. The largest absolute Gasteiger partial charge is 0.462 e. The third kappa shape index (κ3) is 4.89. The molecule has 6 rings (SSSR count). The maximum absolute atomic E-state index is 14.5. The number of nitrogens with zero attached hydrogens (tertiary/aromatic N) is 1. The van der Waals surface area contributed by atoms with Crippen molar-refractivity contribution in [1.29, 1.82) is 0 Å². The number of carbonyl (C=O) groups is 1. The molecule has 0 saturated heterocycles. The molecule has 0 amide bonds. The number of benzene rings is 5. The fraction of sp³-hybridized carbons (Fsp3) is 0.0556. The summed E-state index contributed by atoms with van der Waals surface area (Å²) in [6.45, 7) is 2.01. The molecule has 0 bridgehead atoms. The summed E-state index contributed by atoms with van der Waals surface area (Å²) in [6, 6.07) is 45.1. The van der Waals surface area contributed by atoms with Crippen molar-refractivity contribution < 1.29 is 9.53 Å². The molecule has 0 aliphatic carbocycles. The highest BCUT2D eigenvalue weighted by Gasteiger charge is 2.29. The van der Waals surface area contributed by atoms with Gasteiger partial charge in [0.1, 0.15) is 5.69 Å². The molecular weight excluding hydrogens is 539 g/mol. The third-order valence-corrected chi connectivity index (χ3v) is 10.9. The first-order valence-corrected chi connectivity index (χ1v) is 15.6. The molecule has 1 N–H and O–H groups in total. The topological polar surface area (TPSA) is 71.5 Å². The Morgan fingerprint density at radius 2 is 1.19 bits per heavy atom. The van der Waals surface area contributed by atoms with Crippen LogP contribution in [0.3, 0.4) is 0 Å². The fourth-order valence-electron chi connectivity index (χ4n) is 5.30. The zero-order valence-corrected chi connectivity index (χ0v) is 24.0. The van der Waals surface area contributed by atoms with Crippen LogP contribution in [0.2, 0.25) is 0 Å². The number of fused-ring (bicyclic) bond motifs is 1. The van der Waals surface area contributed by atoms with Gasteiger partial charge in [0.15, 0.2) is 0 Å². The average molecular weight is 569 g/mol. The van der Waals surface area contributed by atoms with Gasteiger partial charge in [-0.3, -0.25) is 4.79 Å². The van der Waals surface area contributed by atoms with Crippen molar-refractivity contribution in [3.8, 4) is 11.3 Å². The first-order chi connectivity index (χ1) is 20.6. The molecule has 206 valence electrons. The van der Waals surface area contributed by atoms with Crippen molar-refractivity contribution in [2.45, 2.75) is 6.92 Å². The van der Waals surface area contributed by atoms with E-state index in [1.54, 1.807) is 19.1 Å². The highest BCUT2D eigenvalue weighted by atomic mass is 31.2. The zero-order chi connectivity index (χ0) is 28.9. The number of H-pyrrole nitrogens is 1. The first-order valence-electron chi connectivity index (χ1n) is 13.8. The Bertz CT molecular complexity index is 1880. The molecule has 5 aromatic carbocycles. The van der Waals surface area contributed by atoms with E-state index in [4.69, 9.17) is 9.48 Å². The fourth-order valence-corrected chi connectivity index (χ4v) is 8.85. The summed E-state index contributed by atoms with van der Waals surface area (Å²) in [6.07, 6.45) is 0. The minimum Gasteiger partial charge on any atom is -0.462 e. The number of nitrogens with one attached hydrogen (secondary N) is 1. The quantitative estimate of drug-likeness (QED) is 0.164. The van der Waals surface area contributed by atoms with E-state index in [-0.39, 0.29) is 17.7 Å². The summed E-state index contributed by atoms with van der Waals surface area (Å²) >= 11 is 0. The van der Waals surface area contributed by atoms with Crippen molar-refractivity contribution in [2.24, 2.45) is 4.74 Å². The van der Waals surface area contributed by atoms with Crippen LogP contribution in [0, 0.1) is 0 Å². The minimum atomic E-state index is -2.79. The van der Waals surface area contributed by atoms with Crippen LogP contribution >= 0.6 is 7.05 Å². The predicted molar refractivity (Wildman–Crippen MR) is 173 cm³/mol. The lowest BCUT2D eigenvalue weighted by molar-refractivity contribution is 0.0527. The summed E-state index contributed by atoms with van der Waals surface area (Å²) in [5.74, 6) is -0.455. The highest BCUT2D eigenvalue weighted by molar-refractivity contribution is 7.87. The first kappa shape index (κ1) is 27.2. The Morgan fingerprint density at radius 1 is 0.690 bits per heavy atom. The molecule has 1 aromatic heterocycles. The molecule has 0 spiro atoms. The van der Waals surface area contributed by atoms with E-state index >= 15 is 0 Å². The van der Waals surface area contributed by atoms with E-state index in [0.29, 0.717) is 27.7 Å². The van der Waals surface area contributed by atoms with Gasteiger partial charge in [0.05, 0.1) is 24.9 Å². The number of esters is 1. The van der Waals surface area contributed by atoms with E-state index in [2.05, 4.69) is 41.4 Å². The zero-order valence-electron chi connectivity index (χ0n) is 23.1. The molecule has 6 heteroatoms. The molecule has 6 aromatic rings. The molecule has 0 saturated carbocycles. The molecule has 5 nitrogen and oxygen atoms in total. The van der Waals surface area contributed by atoms with Gasteiger partial charge in [-0.1, -0.05) is 121 Å². The molecule has 0 radical (unpaired) electrons. The van der Waals surface area contributed by atoms with E-state index in [9.17, 15) is 9.59 Å². The Labute approximate surface area is 244 Å². The Hall–Kier alpha value is -4.99. The molecule has 0 unspecified atom stereocenters. The number of para-hydroxylation sites is 1. The van der Waals surface area contributed by atoms with Crippen LogP contribution in [0.5, 0.6) is 0 Å². The summed E-state index contributed by atoms with van der Waals surface area (Å²) in [5.41, 5.74) is 2.14. The lowest BCUT2D eigenvalue weighted by atomic mass is 10.0. The summed E-state index contributed by atoms with van der Waals surface area (Å²) in [7, 11) is -2.79. The molecule has 42 heavy (non-hydrogen) atoms.